The molecular weight excluding hydrogens is 294 g/mol. The van der Waals surface area contributed by atoms with E-state index in [0.29, 0.717) is 11.6 Å². The maximum Gasteiger partial charge on any atom is 0.280 e. The fourth-order valence-corrected chi connectivity index (χ4v) is 3.10. The van der Waals surface area contributed by atoms with Crippen molar-refractivity contribution in [2.45, 2.75) is 45.2 Å². The van der Waals surface area contributed by atoms with Crippen LogP contribution in [0.4, 0.5) is 5.69 Å². The van der Waals surface area contributed by atoms with Gasteiger partial charge in [0.1, 0.15) is 0 Å². The maximum absolute atomic E-state index is 12.6. The van der Waals surface area contributed by atoms with Crippen molar-refractivity contribution in [3.63, 3.8) is 0 Å². The largest absolute Gasteiger partial charge is 0.381 e. The minimum absolute atomic E-state index is 0.216. The van der Waals surface area contributed by atoms with Crippen LogP contribution in [0.2, 0.25) is 0 Å². The van der Waals surface area contributed by atoms with Crippen molar-refractivity contribution in [2.75, 3.05) is 19.5 Å². The molecule has 1 aliphatic rings. The van der Waals surface area contributed by atoms with Crippen LogP contribution in [0.5, 0.6) is 0 Å². The van der Waals surface area contributed by atoms with Gasteiger partial charge in [-0.05, 0) is 19.8 Å². The van der Waals surface area contributed by atoms with Gasteiger partial charge in [-0.2, -0.15) is 5.10 Å². The molecule has 1 fully saturated rings. The van der Waals surface area contributed by atoms with Crippen LogP contribution in [0, 0.1) is 0 Å². The summed E-state index contributed by atoms with van der Waals surface area (Å²) in [5, 5.41) is 10.0. The van der Waals surface area contributed by atoms with Crippen molar-refractivity contribution in [3.8, 4) is 0 Å². The molecule has 0 atom stereocenters. The number of nitrogens with one attached hydrogen (secondary N) is 1. The molecule has 0 unspecified atom stereocenters. The number of fused-ring (bicyclic) bond motifs is 1. The molecule has 7 heteroatoms. The molecule has 3 rings (SSSR count). The first-order valence-electron chi connectivity index (χ1n) is 8.09. The Morgan fingerprint density at radius 1 is 1.43 bits per heavy atom. The topological polar surface area (TPSA) is 72.3 Å². The standard InChI is InChI=1S/C16H23N5O2/c1-4-21-15-12(10-18-21)14(19-11-7-5-6-8-11)13(9-17-15)16(22)20(2)23-3/h9-11H,4-8H2,1-3H3,(H,17,19). The third-order valence-electron chi connectivity index (χ3n) is 4.46. The van der Waals surface area contributed by atoms with E-state index in [-0.39, 0.29) is 5.91 Å². The van der Waals surface area contributed by atoms with Crippen molar-refractivity contribution >= 4 is 22.6 Å². The van der Waals surface area contributed by atoms with Crippen LogP contribution in [0.3, 0.4) is 0 Å². The van der Waals surface area contributed by atoms with Crippen LogP contribution >= 0.6 is 0 Å². The normalized spacial score (nSPS) is 15.3. The highest BCUT2D eigenvalue weighted by Crippen LogP contribution is 2.30. The molecule has 1 saturated carbocycles. The number of pyridine rings is 1. The van der Waals surface area contributed by atoms with E-state index in [9.17, 15) is 4.79 Å². The van der Waals surface area contributed by atoms with E-state index in [1.165, 1.54) is 25.0 Å². The van der Waals surface area contributed by atoms with Crippen molar-refractivity contribution in [2.24, 2.45) is 0 Å². The molecule has 1 N–H and O–H groups in total. The van der Waals surface area contributed by atoms with Crippen LogP contribution < -0.4 is 5.32 Å². The third kappa shape index (κ3) is 2.88. The lowest BCUT2D eigenvalue weighted by Gasteiger charge is -2.20. The summed E-state index contributed by atoms with van der Waals surface area (Å²) >= 11 is 0. The number of amides is 1. The average molecular weight is 317 g/mol. The molecule has 2 aromatic heterocycles. The molecule has 2 heterocycles. The Hall–Kier alpha value is -2.15. The second-order valence-corrected chi connectivity index (χ2v) is 5.86. The number of aromatic nitrogens is 3. The summed E-state index contributed by atoms with van der Waals surface area (Å²) < 4.78 is 1.84. The zero-order valence-corrected chi connectivity index (χ0v) is 13.9. The molecule has 0 saturated heterocycles. The predicted molar refractivity (Wildman–Crippen MR) is 88.2 cm³/mol. The lowest BCUT2D eigenvalue weighted by atomic mass is 10.1. The lowest BCUT2D eigenvalue weighted by Crippen LogP contribution is -2.27. The molecule has 124 valence electrons. The first-order valence-corrected chi connectivity index (χ1v) is 8.09. The van der Waals surface area contributed by atoms with Gasteiger partial charge in [0.2, 0.25) is 0 Å². The molecule has 0 aliphatic heterocycles. The Bertz CT molecular complexity index is 706. The van der Waals surface area contributed by atoms with Gasteiger partial charge >= 0.3 is 0 Å². The summed E-state index contributed by atoms with van der Waals surface area (Å²) in [6.45, 7) is 2.76. The van der Waals surface area contributed by atoms with E-state index in [1.54, 1.807) is 19.4 Å². The van der Waals surface area contributed by atoms with E-state index in [2.05, 4.69) is 15.4 Å². The van der Waals surface area contributed by atoms with E-state index in [1.807, 2.05) is 11.6 Å². The van der Waals surface area contributed by atoms with Gasteiger partial charge in [-0.25, -0.2) is 14.7 Å². The predicted octanol–water partition coefficient (Wildman–Crippen LogP) is 2.44. The number of carbonyl (C=O) groups excluding carboxylic acids is 1. The molecule has 7 nitrogen and oxygen atoms in total. The molecule has 1 amide bonds. The second kappa shape index (κ2) is 6.54. The first-order chi connectivity index (χ1) is 11.2. The van der Waals surface area contributed by atoms with Gasteiger partial charge in [0, 0.05) is 25.8 Å². The lowest BCUT2D eigenvalue weighted by molar-refractivity contribution is -0.0756. The summed E-state index contributed by atoms with van der Waals surface area (Å²) in [5.41, 5.74) is 2.13. The van der Waals surface area contributed by atoms with Crippen molar-refractivity contribution in [1.29, 1.82) is 0 Å². The highest BCUT2D eigenvalue weighted by Gasteiger charge is 2.24. The van der Waals surface area contributed by atoms with Gasteiger partial charge in [0.15, 0.2) is 5.65 Å². The van der Waals surface area contributed by atoms with E-state index in [0.717, 1.165) is 36.1 Å². The Morgan fingerprint density at radius 3 is 2.83 bits per heavy atom. The summed E-state index contributed by atoms with van der Waals surface area (Å²) in [4.78, 5) is 22.1. The fraction of sp³-hybridized carbons (Fsp3) is 0.562. The molecule has 0 bridgehead atoms. The van der Waals surface area contributed by atoms with Crippen LogP contribution in [0.25, 0.3) is 11.0 Å². The number of carbonyl (C=O) groups is 1. The zero-order valence-electron chi connectivity index (χ0n) is 13.9. The van der Waals surface area contributed by atoms with Crippen molar-refractivity contribution in [1.82, 2.24) is 19.8 Å². The quantitative estimate of drug-likeness (QED) is 0.858. The minimum atomic E-state index is -0.216. The summed E-state index contributed by atoms with van der Waals surface area (Å²) in [6, 6.07) is 0.393. The Balaban J connectivity index is 2.08. The summed E-state index contributed by atoms with van der Waals surface area (Å²) in [5.74, 6) is -0.216. The fourth-order valence-electron chi connectivity index (χ4n) is 3.10. The van der Waals surface area contributed by atoms with Crippen molar-refractivity contribution in [3.05, 3.63) is 18.0 Å². The van der Waals surface area contributed by atoms with Crippen LogP contribution in [-0.4, -0.2) is 45.9 Å². The number of aryl methyl sites for hydroxylation is 1. The SMILES string of the molecule is CCn1ncc2c(NC3CCCC3)c(C(=O)N(C)OC)cnc21. The van der Waals surface area contributed by atoms with Gasteiger partial charge in [0.25, 0.3) is 5.91 Å². The smallest absolute Gasteiger partial charge is 0.280 e. The van der Waals surface area contributed by atoms with Crippen LogP contribution in [0.1, 0.15) is 43.0 Å². The molecule has 23 heavy (non-hydrogen) atoms. The number of hydrogen-bond acceptors (Lipinski definition) is 5. The van der Waals surface area contributed by atoms with E-state index in [4.69, 9.17) is 4.84 Å². The van der Waals surface area contributed by atoms with Gasteiger partial charge < -0.3 is 5.32 Å². The highest BCUT2D eigenvalue weighted by atomic mass is 16.7. The Morgan fingerprint density at radius 2 is 2.17 bits per heavy atom. The number of anilines is 1. The van der Waals surface area contributed by atoms with Gasteiger partial charge in [-0.15, -0.1) is 0 Å². The number of hydrogen-bond donors (Lipinski definition) is 1. The van der Waals surface area contributed by atoms with E-state index >= 15 is 0 Å². The highest BCUT2D eigenvalue weighted by molar-refractivity contribution is 6.06. The van der Waals surface area contributed by atoms with Gasteiger partial charge in [-0.3, -0.25) is 9.63 Å². The van der Waals surface area contributed by atoms with Gasteiger partial charge in [-0.1, -0.05) is 12.8 Å². The van der Waals surface area contributed by atoms with E-state index < -0.39 is 0 Å². The molecule has 0 radical (unpaired) electrons. The number of rotatable bonds is 5. The second-order valence-electron chi connectivity index (χ2n) is 5.86. The van der Waals surface area contributed by atoms with Crippen LogP contribution in [0.15, 0.2) is 12.4 Å². The van der Waals surface area contributed by atoms with Gasteiger partial charge in [0.05, 0.1) is 29.9 Å². The minimum Gasteiger partial charge on any atom is -0.381 e. The maximum atomic E-state index is 12.6. The first kappa shape index (κ1) is 15.7. The molecule has 0 aromatic carbocycles. The summed E-state index contributed by atoms with van der Waals surface area (Å²) in [7, 11) is 3.07. The molecule has 2 aromatic rings. The number of nitrogens with zero attached hydrogens (tertiary/aromatic N) is 4. The molecule has 0 spiro atoms. The molecule has 1 aliphatic carbocycles. The Labute approximate surface area is 135 Å². The van der Waals surface area contributed by atoms with Crippen LogP contribution in [-0.2, 0) is 11.4 Å². The zero-order chi connectivity index (χ0) is 16.4. The number of hydroxylamine groups is 2. The summed E-state index contributed by atoms with van der Waals surface area (Å²) in [6.07, 6.45) is 8.10. The molecular formula is C16H23N5O2. The monoisotopic (exact) mass is 317 g/mol. The Kier molecular flexibility index (Phi) is 4.47. The average Bonchev–Trinajstić information content (AvgIpc) is 3.22. The van der Waals surface area contributed by atoms with Crippen molar-refractivity contribution < 1.29 is 9.63 Å². The third-order valence-corrected chi connectivity index (χ3v) is 4.46.